The Balaban J connectivity index is 1.49. The summed E-state index contributed by atoms with van der Waals surface area (Å²) in [6, 6.07) is 12.8. The van der Waals surface area contributed by atoms with Gasteiger partial charge in [-0.15, -0.1) is 16.4 Å². The molecule has 0 radical (unpaired) electrons. The van der Waals surface area contributed by atoms with Gasteiger partial charge >= 0.3 is 6.01 Å². The van der Waals surface area contributed by atoms with Gasteiger partial charge < -0.3 is 8.83 Å². The number of carbonyl (C=O) groups excluding carboxylic acids is 1. The van der Waals surface area contributed by atoms with Gasteiger partial charge in [-0.25, -0.2) is 4.98 Å². The molecule has 0 aliphatic heterocycles. The Hall–Kier alpha value is -3.70. The number of hydrogen-bond donors (Lipinski definition) is 1. The molecular formula is C23H19N5O4S2. The third kappa shape index (κ3) is 4.27. The number of nitrogens with zero attached hydrogens (tertiary/aromatic N) is 4. The van der Waals surface area contributed by atoms with Crippen LogP contribution in [0.4, 0.5) is 6.01 Å². The highest BCUT2D eigenvalue weighted by Crippen LogP contribution is 2.33. The van der Waals surface area contributed by atoms with Crippen molar-refractivity contribution in [2.24, 2.45) is 0 Å². The van der Waals surface area contributed by atoms with Gasteiger partial charge in [0.15, 0.2) is 5.16 Å². The van der Waals surface area contributed by atoms with Gasteiger partial charge in [-0.1, -0.05) is 48.9 Å². The second-order valence-corrected chi connectivity index (χ2v) is 9.41. The van der Waals surface area contributed by atoms with E-state index >= 15 is 0 Å². The Bertz CT molecular complexity index is 1500. The fraction of sp³-hybridized carbons (Fsp3) is 0.174. The number of nitrogens with one attached hydrogen (secondary N) is 1. The van der Waals surface area contributed by atoms with Crippen molar-refractivity contribution >= 4 is 45.2 Å². The first-order chi connectivity index (χ1) is 16.5. The Morgan fingerprint density at radius 3 is 2.71 bits per heavy atom. The number of hydrogen-bond acceptors (Lipinski definition) is 9. The van der Waals surface area contributed by atoms with Crippen molar-refractivity contribution in [1.82, 2.24) is 19.7 Å². The first-order valence-corrected chi connectivity index (χ1v) is 12.3. The molecule has 0 saturated carbocycles. The van der Waals surface area contributed by atoms with Crippen LogP contribution in [0.1, 0.15) is 25.7 Å². The van der Waals surface area contributed by atoms with E-state index in [4.69, 9.17) is 13.8 Å². The summed E-state index contributed by atoms with van der Waals surface area (Å²) in [5.41, 5.74) is 1.11. The van der Waals surface area contributed by atoms with Crippen LogP contribution in [0.25, 0.3) is 27.2 Å². The predicted octanol–water partition coefficient (Wildman–Crippen LogP) is 4.94. The summed E-state index contributed by atoms with van der Waals surface area (Å²) >= 11 is 2.51. The maximum atomic E-state index is 13.7. The van der Waals surface area contributed by atoms with Crippen molar-refractivity contribution in [1.29, 1.82) is 0 Å². The average molecular weight is 494 g/mol. The molecule has 1 amide bonds. The molecular weight excluding hydrogens is 474 g/mol. The summed E-state index contributed by atoms with van der Waals surface area (Å²) < 4.78 is 12.5. The van der Waals surface area contributed by atoms with Gasteiger partial charge in [0.05, 0.1) is 23.1 Å². The molecule has 9 nitrogen and oxygen atoms in total. The van der Waals surface area contributed by atoms with Crippen LogP contribution in [0, 0.1) is 0 Å². The standard InChI is InChI=1S/C23H19N5O4S2/c1-13(2)19-26-27-22(32-19)24-17(29)12-34-23-25-20-18(15(11-33-20)16-9-6-10-31-16)21(30)28(23)14-7-4-3-5-8-14/h3-11,13H,12H2,1-2H3,(H,24,27,29). The summed E-state index contributed by atoms with van der Waals surface area (Å²) in [6.07, 6.45) is 1.57. The van der Waals surface area contributed by atoms with Crippen molar-refractivity contribution in [3.63, 3.8) is 0 Å². The molecule has 34 heavy (non-hydrogen) atoms. The lowest BCUT2D eigenvalue weighted by molar-refractivity contribution is -0.113. The van der Waals surface area contributed by atoms with Gasteiger partial charge in [-0.05, 0) is 24.3 Å². The normalized spacial score (nSPS) is 11.4. The fourth-order valence-corrected chi connectivity index (χ4v) is 5.07. The number of fused-ring (bicyclic) bond motifs is 1. The number of carbonyl (C=O) groups is 1. The largest absolute Gasteiger partial charge is 0.464 e. The Kier molecular flexibility index (Phi) is 6.03. The Labute approximate surface area is 201 Å². The van der Waals surface area contributed by atoms with Gasteiger partial charge in [0.2, 0.25) is 11.8 Å². The van der Waals surface area contributed by atoms with E-state index in [1.807, 2.05) is 55.6 Å². The zero-order valence-corrected chi connectivity index (χ0v) is 19.9. The summed E-state index contributed by atoms with van der Waals surface area (Å²) in [4.78, 5) is 31.5. The molecule has 0 fully saturated rings. The van der Waals surface area contributed by atoms with Crippen LogP contribution in [0.5, 0.6) is 0 Å². The van der Waals surface area contributed by atoms with Crippen LogP contribution in [-0.4, -0.2) is 31.4 Å². The van der Waals surface area contributed by atoms with Crippen LogP contribution in [0.2, 0.25) is 0 Å². The van der Waals surface area contributed by atoms with Gasteiger partial charge in [0.1, 0.15) is 10.6 Å². The molecule has 0 spiro atoms. The molecule has 0 aliphatic rings. The zero-order valence-electron chi connectivity index (χ0n) is 18.2. The number of benzene rings is 1. The van der Waals surface area contributed by atoms with Crippen LogP contribution in [0.3, 0.4) is 0 Å². The van der Waals surface area contributed by atoms with Crippen molar-refractivity contribution in [2.45, 2.75) is 24.9 Å². The average Bonchev–Trinajstić information content (AvgIpc) is 3.59. The highest BCUT2D eigenvalue weighted by Gasteiger charge is 2.20. The maximum absolute atomic E-state index is 13.7. The second-order valence-electron chi connectivity index (χ2n) is 7.61. The van der Waals surface area contributed by atoms with E-state index in [9.17, 15) is 9.59 Å². The molecule has 0 bridgehead atoms. The Morgan fingerprint density at radius 2 is 2.00 bits per heavy atom. The number of furan rings is 1. The molecule has 4 heterocycles. The third-order valence-corrected chi connectivity index (χ3v) is 6.70. The minimum Gasteiger partial charge on any atom is -0.464 e. The number of anilines is 1. The van der Waals surface area contributed by atoms with E-state index in [0.717, 1.165) is 11.8 Å². The molecule has 11 heteroatoms. The molecule has 0 unspecified atom stereocenters. The molecule has 0 atom stereocenters. The third-order valence-electron chi connectivity index (χ3n) is 4.89. The number of rotatable bonds is 7. The molecule has 172 valence electrons. The molecule has 1 aromatic carbocycles. The number of amides is 1. The summed E-state index contributed by atoms with van der Waals surface area (Å²) in [6.45, 7) is 3.84. The maximum Gasteiger partial charge on any atom is 0.322 e. The highest BCUT2D eigenvalue weighted by atomic mass is 32.2. The van der Waals surface area contributed by atoms with Crippen molar-refractivity contribution in [3.05, 3.63) is 70.4 Å². The number of aromatic nitrogens is 4. The van der Waals surface area contributed by atoms with Crippen molar-refractivity contribution < 1.29 is 13.6 Å². The van der Waals surface area contributed by atoms with Crippen molar-refractivity contribution in [2.75, 3.05) is 11.1 Å². The molecule has 0 saturated heterocycles. The topological polar surface area (TPSA) is 116 Å². The monoisotopic (exact) mass is 493 g/mol. The summed E-state index contributed by atoms with van der Waals surface area (Å²) in [5, 5.41) is 13.1. The van der Waals surface area contributed by atoms with E-state index in [2.05, 4.69) is 15.5 Å². The second kappa shape index (κ2) is 9.27. The predicted molar refractivity (Wildman–Crippen MR) is 131 cm³/mol. The molecule has 4 aromatic heterocycles. The molecule has 1 N–H and O–H groups in total. The fourth-order valence-electron chi connectivity index (χ4n) is 3.29. The first kappa shape index (κ1) is 22.1. The van der Waals surface area contributed by atoms with E-state index < -0.39 is 0 Å². The van der Waals surface area contributed by atoms with Gasteiger partial charge in [-0.3, -0.25) is 19.5 Å². The van der Waals surface area contributed by atoms with Crippen LogP contribution in [0.15, 0.2) is 72.9 Å². The molecule has 5 aromatic rings. The lowest BCUT2D eigenvalue weighted by Gasteiger charge is -2.12. The van der Waals surface area contributed by atoms with Crippen LogP contribution in [-0.2, 0) is 4.79 Å². The molecule has 0 aliphatic carbocycles. The van der Waals surface area contributed by atoms with Crippen LogP contribution < -0.4 is 10.9 Å². The van der Waals surface area contributed by atoms with Crippen molar-refractivity contribution in [3.8, 4) is 17.0 Å². The van der Waals surface area contributed by atoms with E-state index in [1.165, 1.54) is 15.9 Å². The number of thioether (sulfide) groups is 1. The number of para-hydroxylation sites is 1. The lowest BCUT2D eigenvalue weighted by atomic mass is 10.2. The van der Waals surface area contributed by atoms with E-state index in [0.29, 0.717) is 38.3 Å². The number of thiophene rings is 1. The quantitative estimate of drug-likeness (QED) is 0.250. The zero-order chi connectivity index (χ0) is 23.7. The van der Waals surface area contributed by atoms with Gasteiger partial charge in [-0.2, -0.15) is 0 Å². The minimum atomic E-state index is -0.347. The summed E-state index contributed by atoms with van der Waals surface area (Å²) in [7, 11) is 0. The first-order valence-electron chi connectivity index (χ1n) is 10.4. The van der Waals surface area contributed by atoms with Crippen LogP contribution >= 0.6 is 23.1 Å². The van der Waals surface area contributed by atoms with Gasteiger partial charge in [0.25, 0.3) is 5.56 Å². The van der Waals surface area contributed by atoms with Gasteiger partial charge in [0, 0.05) is 16.9 Å². The lowest BCUT2D eigenvalue weighted by Crippen LogP contribution is -2.22. The SMILES string of the molecule is CC(C)c1nnc(NC(=O)CSc2nc3scc(-c4ccco4)c3c(=O)n2-c2ccccc2)o1. The summed E-state index contributed by atoms with van der Waals surface area (Å²) in [5.74, 6) is 0.754. The van der Waals surface area contributed by atoms with E-state index in [-0.39, 0.29) is 29.2 Å². The molecule has 5 rings (SSSR count). The smallest absolute Gasteiger partial charge is 0.322 e. The highest BCUT2D eigenvalue weighted by molar-refractivity contribution is 7.99. The van der Waals surface area contributed by atoms with E-state index in [1.54, 1.807) is 12.3 Å². The Morgan fingerprint density at radius 1 is 1.18 bits per heavy atom. The minimum absolute atomic E-state index is 0.000584.